The van der Waals surface area contributed by atoms with E-state index in [9.17, 15) is 9.59 Å². The lowest BCUT2D eigenvalue weighted by molar-refractivity contribution is -0.120. The van der Waals surface area contributed by atoms with E-state index < -0.39 is 0 Å². The first-order chi connectivity index (χ1) is 14.1. The molecule has 0 radical (unpaired) electrons. The number of carbonyl (C=O) groups is 2. The van der Waals surface area contributed by atoms with E-state index in [-0.39, 0.29) is 11.9 Å². The van der Waals surface area contributed by atoms with Crippen molar-refractivity contribution in [1.82, 2.24) is 24.7 Å². The van der Waals surface area contributed by atoms with Crippen LogP contribution >= 0.6 is 0 Å². The molecule has 2 aromatic rings. The monoisotopic (exact) mass is 398 g/mol. The standard InChI is InChI=1S/C20H26N6O3/c1-14-10-23(6-7-24(14)16-12-29-13-16)11-15-2-5-26-17(8-15)18(9-21-26)25-4-3-19(27)22-20(25)28/h2,5,8-9,14,16H,3-4,6-7,10-13H2,1H3,(H,22,27,28). The van der Waals surface area contributed by atoms with E-state index in [2.05, 4.69) is 39.3 Å². The molecule has 1 N–H and O–H groups in total. The van der Waals surface area contributed by atoms with E-state index in [4.69, 9.17) is 4.74 Å². The number of anilines is 1. The molecule has 3 aliphatic rings. The number of piperazine rings is 1. The third-order valence-electron chi connectivity index (χ3n) is 6.17. The van der Waals surface area contributed by atoms with Crippen molar-refractivity contribution >= 4 is 23.1 Å². The fourth-order valence-corrected chi connectivity index (χ4v) is 4.52. The first-order valence-corrected chi connectivity index (χ1v) is 10.2. The quantitative estimate of drug-likeness (QED) is 0.816. The summed E-state index contributed by atoms with van der Waals surface area (Å²) in [6.45, 7) is 8.39. The van der Waals surface area contributed by atoms with Crippen molar-refractivity contribution < 1.29 is 14.3 Å². The Morgan fingerprint density at radius 3 is 2.83 bits per heavy atom. The van der Waals surface area contributed by atoms with Crippen molar-refractivity contribution in [3.8, 4) is 0 Å². The number of urea groups is 1. The van der Waals surface area contributed by atoms with Gasteiger partial charge in [0.2, 0.25) is 5.91 Å². The van der Waals surface area contributed by atoms with Crippen molar-refractivity contribution in [2.75, 3.05) is 44.3 Å². The Kier molecular flexibility index (Phi) is 4.73. The fraction of sp³-hybridized carbons (Fsp3) is 0.550. The number of imide groups is 1. The molecule has 0 aromatic carbocycles. The number of pyridine rings is 1. The number of nitrogens with zero attached hydrogens (tertiary/aromatic N) is 5. The number of amides is 3. The average molecular weight is 398 g/mol. The highest BCUT2D eigenvalue weighted by Crippen LogP contribution is 2.25. The lowest BCUT2D eigenvalue weighted by Crippen LogP contribution is -2.60. The molecule has 0 aliphatic carbocycles. The van der Waals surface area contributed by atoms with Crippen LogP contribution in [0.2, 0.25) is 0 Å². The number of carbonyl (C=O) groups excluding carboxylic acids is 2. The summed E-state index contributed by atoms with van der Waals surface area (Å²) >= 11 is 0. The maximum atomic E-state index is 12.2. The number of fused-ring (bicyclic) bond motifs is 1. The van der Waals surface area contributed by atoms with Crippen molar-refractivity contribution in [2.24, 2.45) is 0 Å². The molecule has 3 saturated heterocycles. The van der Waals surface area contributed by atoms with Crippen LogP contribution in [-0.4, -0.2) is 82.8 Å². The third-order valence-corrected chi connectivity index (χ3v) is 6.17. The van der Waals surface area contributed by atoms with Gasteiger partial charge in [0.15, 0.2) is 0 Å². The van der Waals surface area contributed by atoms with Gasteiger partial charge in [-0.15, -0.1) is 0 Å². The Morgan fingerprint density at radius 1 is 1.24 bits per heavy atom. The van der Waals surface area contributed by atoms with Crippen LogP contribution in [-0.2, 0) is 16.1 Å². The summed E-state index contributed by atoms with van der Waals surface area (Å²) in [5.41, 5.74) is 2.81. The molecule has 1 unspecified atom stereocenters. The predicted molar refractivity (Wildman–Crippen MR) is 107 cm³/mol. The zero-order valence-electron chi connectivity index (χ0n) is 16.6. The summed E-state index contributed by atoms with van der Waals surface area (Å²) < 4.78 is 7.13. The Hall–Kier alpha value is -2.49. The van der Waals surface area contributed by atoms with E-state index in [0.717, 1.165) is 50.6 Å². The van der Waals surface area contributed by atoms with E-state index in [1.54, 1.807) is 15.6 Å². The summed E-state index contributed by atoms with van der Waals surface area (Å²) in [5.74, 6) is -0.231. The van der Waals surface area contributed by atoms with Gasteiger partial charge in [-0.25, -0.2) is 9.31 Å². The highest BCUT2D eigenvalue weighted by atomic mass is 16.5. The van der Waals surface area contributed by atoms with Gasteiger partial charge in [-0.3, -0.25) is 24.8 Å². The fourth-order valence-electron chi connectivity index (χ4n) is 4.52. The Labute approximate surface area is 169 Å². The second kappa shape index (κ2) is 7.40. The maximum absolute atomic E-state index is 12.2. The van der Waals surface area contributed by atoms with Crippen LogP contribution in [0, 0.1) is 0 Å². The van der Waals surface area contributed by atoms with Gasteiger partial charge in [-0.05, 0) is 24.6 Å². The second-order valence-electron chi connectivity index (χ2n) is 8.16. The topological polar surface area (TPSA) is 82.4 Å². The van der Waals surface area contributed by atoms with Gasteiger partial charge in [-0.2, -0.15) is 5.10 Å². The van der Waals surface area contributed by atoms with Gasteiger partial charge >= 0.3 is 6.03 Å². The van der Waals surface area contributed by atoms with E-state index in [0.29, 0.717) is 25.0 Å². The number of hydrogen-bond acceptors (Lipinski definition) is 6. The molecular weight excluding hydrogens is 372 g/mol. The molecule has 5 heterocycles. The molecule has 3 aliphatic heterocycles. The lowest BCUT2D eigenvalue weighted by Gasteiger charge is -2.46. The molecule has 1 atom stereocenters. The molecule has 5 rings (SSSR count). The Balaban J connectivity index is 1.31. The summed E-state index contributed by atoms with van der Waals surface area (Å²) in [5, 5.41) is 6.75. The minimum Gasteiger partial charge on any atom is -0.378 e. The molecule has 0 saturated carbocycles. The van der Waals surface area contributed by atoms with Crippen LogP contribution in [0.5, 0.6) is 0 Å². The zero-order valence-corrected chi connectivity index (χ0v) is 16.6. The molecule has 9 nitrogen and oxygen atoms in total. The van der Waals surface area contributed by atoms with Gasteiger partial charge in [0.05, 0.1) is 36.7 Å². The molecule has 29 heavy (non-hydrogen) atoms. The summed E-state index contributed by atoms with van der Waals surface area (Å²) in [6, 6.07) is 4.90. The van der Waals surface area contributed by atoms with Gasteiger partial charge in [-0.1, -0.05) is 0 Å². The van der Waals surface area contributed by atoms with Crippen LogP contribution in [0.15, 0.2) is 24.5 Å². The molecule has 9 heteroatoms. The van der Waals surface area contributed by atoms with Gasteiger partial charge in [0, 0.05) is 51.4 Å². The smallest absolute Gasteiger partial charge is 0.328 e. The SMILES string of the molecule is CC1CN(Cc2ccn3ncc(N4CCC(=O)NC4=O)c3c2)CCN1C1COC1. The minimum absolute atomic E-state index is 0.231. The van der Waals surface area contributed by atoms with Crippen molar-refractivity contribution in [3.05, 3.63) is 30.1 Å². The molecule has 3 amide bonds. The Morgan fingerprint density at radius 2 is 2.10 bits per heavy atom. The number of nitrogens with one attached hydrogen (secondary N) is 1. The van der Waals surface area contributed by atoms with Gasteiger partial charge in [0.1, 0.15) is 0 Å². The normalized spacial score (nSPS) is 24.7. The summed E-state index contributed by atoms with van der Waals surface area (Å²) in [4.78, 5) is 30.3. The molecular formula is C20H26N6O3. The van der Waals surface area contributed by atoms with E-state index in [1.807, 2.05) is 6.20 Å². The molecule has 2 aromatic heterocycles. The minimum atomic E-state index is -0.383. The van der Waals surface area contributed by atoms with Crippen LogP contribution in [0.3, 0.4) is 0 Å². The predicted octanol–water partition coefficient (Wildman–Crippen LogP) is 0.685. The second-order valence-corrected chi connectivity index (χ2v) is 8.16. The molecule has 0 bridgehead atoms. The lowest BCUT2D eigenvalue weighted by atomic mass is 10.1. The highest BCUT2D eigenvalue weighted by molar-refractivity contribution is 6.07. The maximum Gasteiger partial charge on any atom is 0.328 e. The van der Waals surface area contributed by atoms with Crippen molar-refractivity contribution in [1.29, 1.82) is 0 Å². The van der Waals surface area contributed by atoms with Crippen molar-refractivity contribution in [2.45, 2.75) is 32.0 Å². The van der Waals surface area contributed by atoms with Gasteiger partial charge < -0.3 is 4.74 Å². The average Bonchev–Trinajstić information content (AvgIpc) is 3.05. The number of aromatic nitrogens is 2. The number of ether oxygens (including phenoxy) is 1. The first kappa shape index (κ1) is 18.5. The van der Waals surface area contributed by atoms with Crippen molar-refractivity contribution in [3.63, 3.8) is 0 Å². The Bertz CT molecular complexity index is 939. The first-order valence-electron chi connectivity index (χ1n) is 10.2. The third kappa shape index (κ3) is 3.50. The van der Waals surface area contributed by atoms with E-state index >= 15 is 0 Å². The number of hydrogen-bond donors (Lipinski definition) is 1. The van der Waals surface area contributed by atoms with Crippen LogP contribution in [0.1, 0.15) is 18.9 Å². The van der Waals surface area contributed by atoms with Crippen LogP contribution < -0.4 is 10.2 Å². The largest absolute Gasteiger partial charge is 0.378 e. The summed E-state index contributed by atoms with van der Waals surface area (Å²) in [6.07, 6.45) is 3.93. The van der Waals surface area contributed by atoms with Crippen LogP contribution in [0.25, 0.3) is 5.52 Å². The molecule has 154 valence electrons. The molecule has 0 spiro atoms. The van der Waals surface area contributed by atoms with Gasteiger partial charge in [0.25, 0.3) is 0 Å². The zero-order chi connectivity index (χ0) is 20.0. The molecule has 3 fully saturated rings. The summed E-state index contributed by atoms with van der Waals surface area (Å²) in [7, 11) is 0. The number of rotatable bonds is 4. The highest BCUT2D eigenvalue weighted by Gasteiger charge is 2.33. The van der Waals surface area contributed by atoms with Crippen LogP contribution in [0.4, 0.5) is 10.5 Å². The van der Waals surface area contributed by atoms with E-state index in [1.165, 1.54) is 5.56 Å².